The first kappa shape index (κ1) is 13.2. The van der Waals surface area contributed by atoms with Gasteiger partial charge in [-0.2, -0.15) is 0 Å². The van der Waals surface area contributed by atoms with E-state index in [-0.39, 0.29) is 5.91 Å². The van der Waals surface area contributed by atoms with Crippen LogP contribution in [-0.4, -0.2) is 24.0 Å². The molecule has 4 nitrogen and oxygen atoms in total. The van der Waals surface area contributed by atoms with E-state index in [0.29, 0.717) is 30.4 Å². The molecule has 0 radical (unpaired) electrons. The fourth-order valence-corrected chi connectivity index (χ4v) is 2.15. The summed E-state index contributed by atoms with van der Waals surface area (Å²) >= 11 is 0. The number of benzene rings is 1. The zero-order valence-corrected chi connectivity index (χ0v) is 11.7. The van der Waals surface area contributed by atoms with Gasteiger partial charge in [-0.1, -0.05) is 24.1 Å². The second-order valence-electron chi connectivity index (χ2n) is 4.66. The van der Waals surface area contributed by atoms with Crippen LogP contribution in [0, 0.1) is 11.8 Å². The number of amides is 1. The lowest BCUT2D eigenvalue weighted by Gasteiger charge is -2.27. The van der Waals surface area contributed by atoms with Crippen molar-refractivity contribution < 1.29 is 9.53 Å². The lowest BCUT2D eigenvalue weighted by Crippen LogP contribution is -2.36. The number of pyridine rings is 1. The number of fused-ring (bicyclic) bond motifs is 1. The first-order valence-corrected chi connectivity index (χ1v) is 6.73. The van der Waals surface area contributed by atoms with Gasteiger partial charge in [-0.25, -0.2) is 4.98 Å². The summed E-state index contributed by atoms with van der Waals surface area (Å²) in [7, 11) is 0. The molecule has 1 aliphatic heterocycles. The number of anilines is 1. The van der Waals surface area contributed by atoms with Crippen molar-refractivity contribution in [2.45, 2.75) is 6.92 Å². The molecule has 0 saturated heterocycles. The van der Waals surface area contributed by atoms with Gasteiger partial charge in [0.2, 0.25) is 11.8 Å². The van der Waals surface area contributed by atoms with Crippen LogP contribution in [0.2, 0.25) is 0 Å². The molecule has 0 aliphatic carbocycles. The minimum Gasteiger partial charge on any atom is -0.474 e. The van der Waals surface area contributed by atoms with Crippen LogP contribution >= 0.6 is 0 Å². The lowest BCUT2D eigenvalue weighted by atomic mass is 10.2. The normalized spacial score (nSPS) is 12.7. The zero-order valence-electron chi connectivity index (χ0n) is 11.7. The highest BCUT2D eigenvalue weighted by Crippen LogP contribution is 2.29. The third-order valence-corrected chi connectivity index (χ3v) is 3.17. The van der Waals surface area contributed by atoms with E-state index >= 15 is 0 Å². The molecule has 1 amide bonds. The van der Waals surface area contributed by atoms with Crippen LogP contribution in [-0.2, 0) is 4.79 Å². The largest absolute Gasteiger partial charge is 0.474 e. The van der Waals surface area contributed by atoms with Crippen molar-refractivity contribution in [3.8, 4) is 17.7 Å². The van der Waals surface area contributed by atoms with Crippen molar-refractivity contribution in [3.63, 3.8) is 0 Å². The summed E-state index contributed by atoms with van der Waals surface area (Å²) in [6.45, 7) is 2.55. The van der Waals surface area contributed by atoms with Gasteiger partial charge in [0.1, 0.15) is 18.0 Å². The lowest BCUT2D eigenvalue weighted by molar-refractivity contribution is -0.116. The van der Waals surface area contributed by atoms with Crippen LogP contribution in [0.4, 0.5) is 5.69 Å². The van der Waals surface area contributed by atoms with E-state index < -0.39 is 0 Å². The van der Waals surface area contributed by atoms with Gasteiger partial charge in [0.25, 0.3) is 0 Å². The number of carbonyl (C=O) groups excluding carboxylic acids is 1. The summed E-state index contributed by atoms with van der Waals surface area (Å²) in [4.78, 5) is 17.6. The highest BCUT2D eigenvalue weighted by atomic mass is 16.5. The minimum atomic E-state index is -0.00975. The molecule has 2 heterocycles. The van der Waals surface area contributed by atoms with E-state index in [2.05, 4.69) is 16.8 Å². The summed E-state index contributed by atoms with van der Waals surface area (Å²) in [5.74, 6) is 6.52. The van der Waals surface area contributed by atoms with E-state index in [9.17, 15) is 4.79 Å². The van der Waals surface area contributed by atoms with Crippen molar-refractivity contribution in [1.82, 2.24) is 4.98 Å². The Morgan fingerprint density at radius 2 is 2.00 bits per heavy atom. The molecular weight excluding hydrogens is 264 g/mol. The van der Waals surface area contributed by atoms with Crippen LogP contribution in [0.5, 0.6) is 5.88 Å². The van der Waals surface area contributed by atoms with Gasteiger partial charge in [-0.15, -0.1) is 0 Å². The second-order valence-corrected chi connectivity index (χ2v) is 4.66. The van der Waals surface area contributed by atoms with Gasteiger partial charge >= 0.3 is 0 Å². The van der Waals surface area contributed by atoms with Gasteiger partial charge in [0.05, 0.1) is 6.54 Å². The second kappa shape index (κ2) is 5.68. The van der Waals surface area contributed by atoms with Crippen LogP contribution in [0.3, 0.4) is 0 Å². The van der Waals surface area contributed by atoms with Crippen LogP contribution in [0.15, 0.2) is 42.5 Å². The summed E-state index contributed by atoms with van der Waals surface area (Å²) in [6, 6.07) is 13.4. The van der Waals surface area contributed by atoms with Crippen molar-refractivity contribution in [1.29, 1.82) is 0 Å². The third-order valence-electron chi connectivity index (χ3n) is 3.17. The number of hydrogen-bond acceptors (Lipinski definition) is 3. The highest BCUT2D eigenvalue weighted by molar-refractivity contribution is 5.93. The average Bonchev–Trinajstić information content (AvgIpc) is 2.53. The van der Waals surface area contributed by atoms with E-state index in [0.717, 1.165) is 5.56 Å². The Labute approximate surface area is 123 Å². The molecule has 3 rings (SSSR count). The number of nitrogens with zero attached hydrogens (tertiary/aromatic N) is 2. The Balaban J connectivity index is 1.90. The first-order valence-electron chi connectivity index (χ1n) is 6.73. The van der Waals surface area contributed by atoms with Crippen LogP contribution < -0.4 is 9.64 Å². The van der Waals surface area contributed by atoms with Gasteiger partial charge in [0.15, 0.2) is 0 Å². The SMILES string of the molecule is CC(=O)N1CCOc2nc(C#Cc3ccccc3)ccc21. The fraction of sp³-hybridized carbons (Fsp3) is 0.176. The highest BCUT2D eigenvalue weighted by Gasteiger charge is 2.22. The summed E-state index contributed by atoms with van der Waals surface area (Å²) in [5.41, 5.74) is 2.27. The molecule has 1 aliphatic rings. The molecule has 0 fully saturated rings. The fourth-order valence-electron chi connectivity index (χ4n) is 2.15. The Morgan fingerprint density at radius 3 is 2.76 bits per heavy atom. The quantitative estimate of drug-likeness (QED) is 0.694. The predicted molar refractivity (Wildman–Crippen MR) is 80.2 cm³/mol. The number of ether oxygens (including phenoxy) is 1. The van der Waals surface area contributed by atoms with E-state index in [1.165, 1.54) is 6.92 Å². The number of carbonyl (C=O) groups is 1. The van der Waals surface area contributed by atoms with Crippen molar-refractivity contribution in [3.05, 3.63) is 53.7 Å². The molecule has 104 valence electrons. The zero-order chi connectivity index (χ0) is 14.7. The number of aromatic nitrogens is 1. The molecule has 0 unspecified atom stereocenters. The Kier molecular flexibility index (Phi) is 3.57. The molecule has 0 atom stereocenters. The van der Waals surface area contributed by atoms with Crippen molar-refractivity contribution in [2.24, 2.45) is 0 Å². The monoisotopic (exact) mass is 278 g/mol. The maximum Gasteiger partial charge on any atom is 0.239 e. The molecule has 0 N–H and O–H groups in total. The van der Waals surface area contributed by atoms with E-state index in [1.807, 2.05) is 36.4 Å². The van der Waals surface area contributed by atoms with E-state index in [1.54, 1.807) is 11.0 Å². The minimum absolute atomic E-state index is 0.00975. The first-order chi connectivity index (χ1) is 10.2. The molecular formula is C17H14N2O2. The number of rotatable bonds is 0. The van der Waals surface area contributed by atoms with Crippen molar-refractivity contribution >= 4 is 11.6 Å². The van der Waals surface area contributed by atoms with Gasteiger partial charge in [0, 0.05) is 12.5 Å². The molecule has 4 heteroatoms. The van der Waals surface area contributed by atoms with Gasteiger partial charge < -0.3 is 9.64 Å². The maximum atomic E-state index is 11.6. The molecule has 1 aromatic heterocycles. The Hall–Kier alpha value is -2.80. The Morgan fingerprint density at radius 1 is 1.19 bits per heavy atom. The predicted octanol–water partition coefficient (Wildman–Crippen LogP) is 2.23. The maximum absolute atomic E-state index is 11.6. The van der Waals surface area contributed by atoms with Crippen LogP contribution in [0.1, 0.15) is 18.2 Å². The topological polar surface area (TPSA) is 42.4 Å². The standard InChI is InChI=1S/C17H14N2O2/c1-13(20)19-11-12-21-17-16(19)10-9-15(18-17)8-7-14-5-3-2-4-6-14/h2-6,9-10H,11-12H2,1H3. The summed E-state index contributed by atoms with van der Waals surface area (Å²) in [5, 5.41) is 0. The third kappa shape index (κ3) is 2.87. The molecule has 21 heavy (non-hydrogen) atoms. The average molecular weight is 278 g/mol. The number of hydrogen-bond donors (Lipinski definition) is 0. The van der Waals surface area contributed by atoms with Gasteiger partial charge in [-0.05, 0) is 30.2 Å². The molecule has 0 spiro atoms. The molecule has 0 bridgehead atoms. The summed E-state index contributed by atoms with van der Waals surface area (Å²) in [6.07, 6.45) is 0. The van der Waals surface area contributed by atoms with Crippen LogP contribution in [0.25, 0.3) is 0 Å². The smallest absolute Gasteiger partial charge is 0.239 e. The Bertz CT molecular complexity index is 729. The van der Waals surface area contributed by atoms with Gasteiger partial charge in [-0.3, -0.25) is 4.79 Å². The molecule has 0 saturated carbocycles. The molecule has 2 aromatic rings. The summed E-state index contributed by atoms with van der Waals surface area (Å²) < 4.78 is 5.52. The van der Waals surface area contributed by atoms with E-state index in [4.69, 9.17) is 4.74 Å². The van der Waals surface area contributed by atoms with Crippen molar-refractivity contribution in [2.75, 3.05) is 18.1 Å². The molecule has 1 aromatic carbocycles.